The Labute approximate surface area is 104 Å². The molecule has 0 aliphatic carbocycles. The van der Waals surface area contributed by atoms with Crippen molar-refractivity contribution in [2.24, 2.45) is 0 Å². The van der Waals surface area contributed by atoms with Crippen LogP contribution in [0.2, 0.25) is 0 Å². The molecule has 0 fully saturated rings. The van der Waals surface area contributed by atoms with Crippen molar-refractivity contribution >= 4 is 11.8 Å². The summed E-state index contributed by atoms with van der Waals surface area (Å²) in [5, 5.41) is 5.79. The van der Waals surface area contributed by atoms with Crippen LogP contribution in [0.4, 0.5) is 16.2 Å². The molecule has 0 amide bonds. The summed E-state index contributed by atoms with van der Waals surface area (Å²) >= 11 is 0. The number of hydrogen-bond donors (Lipinski definition) is 2. The summed E-state index contributed by atoms with van der Waals surface area (Å²) in [6.07, 6.45) is 4.20. The van der Waals surface area contributed by atoms with Gasteiger partial charge in [-0.2, -0.15) is 4.98 Å². The van der Waals surface area contributed by atoms with Crippen LogP contribution in [0, 0.1) is 5.82 Å². The first-order valence-corrected chi connectivity index (χ1v) is 5.54. The largest absolute Gasteiger partial charge is 0.362 e. The molecule has 0 aliphatic rings. The van der Waals surface area contributed by atoms with E-state index in [4.69, 9.17) is 0 Å². The van der Waals surface area contributed by atoms with Gasteiger partial charge in [0.2, 0.25) is 5.95 Å². The van der Waals surface area contributed by atoms with Crippen LogP contribution < -0.4 is 10.6 Å². The highest BCUT2D eigenvalue weighted by Crippen LogP contribution is 2.12. The lowest BCUT2D eigenvalue weighted by Gasteiger charge is -2.07. The van der Waals surface area contributed by atoms with Crippen LogP contribution in [-0.4, -0.2) is 26.5 Å². The van der Waals surface area contributed by atoms with Gasteiger partial charge >= 0.3 is 0 Å². The Hall–Kier alpha value is -2.31. The molecule has 0 atom stereocenters. The Balaban J connectivity index is 2.06. The van der Waals surface area contributed by atoms with Gasteiger partial charge in [-0.1, -0.05) is 0 Å². The molecule has 0 saturated heterocycles. The number of hydrogen-bond acceptors (Lipinski definition) is 6. The quantitative estimate of drug-likeness (QED) is 0.834. The van der Waals surface area contributed by atoms with Crippen molar-refractivity contribution < 1.29 is 4.39 Å². The lowest BCUT2D eigenvalue weighted by atomic mass is 10.4. The van der Waals surface area contributed by atoms with Crippen molar-refractivity contribution in [2.75, 3.05) is 17.2 Å². The second-order valence-electron chi connectivity index (χ2n) is 3.47. The number of rotatable bonds is 5. The minimum Gasteiger partial charge on any atom is -0.362 e. The van der Waals surface area contributed by atoms with Crippen molar-refractivity contribution in [2.45, 2.75) is 13.5 Å². The van der Waals surface area contributed by atoms with E-state index >= 15 is 0 Å². The van der Waals surface area contributed by atoms with Crippen LogP contribution in [-0.2, 0) is 6.54 Å². The van der Waals surface area contributed by atoms with Gasteiger partial charge in [0, 0.05) is 12.7 Å². The molecule has 2 N–H and O–H groups in total. The molecule has 2 rings (SSSR count). The van der Waals surface area contributed by atoms with Crippen LogP contribution in [0.25, 0.3) is 0 Å². The van der Waals surface area contributed by atoms with E-state index in [0.717, 1.165) is 11.9 Å². The third kappa shape index (κ3) is 3.09. The van der Waals surface area contributed by atoms with E-state index in [9.17, 15) is 4.39 Å². The highest BCUT2D eigenvalue weighted by molar-refractivity contribution is 5.41. The van der Waals surface area contributed by atoms with Crippen LogP contribution >= 0.6 is 0 Å². The van der Waals surface area contributed by atoms with Crippen molar-refractivity contribution in [1.29, 1.82) is 0 Å². The van der Waals surface area contributed by atoms with E-state index in [-0.39, 0.29) is 5.82 Å². The lowest BCUT2D eigenvalue weighted by molar-refractivity contribution is 0.617. The van der Waals surface area contributed by atoms with E-state index in [1.165, 1.54) is 6.33 Å². The SMILES string of the molecule is CCNc1ncc(F)c(NCc2ccncn2)n1. The molecule has 0 aromatic carbocycles. The smallest absolute Gasteiger partial charge is 0.224 e. The molecule has 0 bridgehead atoms. The zero-order valence-corrected chi connectivity index (χ0v) is 9.89. The first kappa shape index (κ1) is 12.2. The Morgan fingerprint density at radius 2 is 2.17 bits per heavy atom. The van der Waals surface area contributed by atoms with Gasteiger partial charge in [-0.3, -0.25) is 0 Å². The van der Waals surface area contributed by atoms with E-state index in [1.54, 1.807) is 12.3 Å². The van der Waals surface area contributed by atoms with Gasteiger partial charge < -0.3 is 10.6 Å². The molecule has 2 heterocycles. The monoisotopic (exact) mass is 248 g/mol. The summed E-state index contributed by atoms with van der Waals surface area (Å²) in [5.74, 6) is 0.0503. The summed E-state index contributed by atoms with van der Waals surface area (Å²) in [7, 11) is 0. The van der Waals surface area contributed by atoms with Gasteiger partial charge in [0.05, 0.1) is 18.4 Å². The Bertz CT molecular complexity index is 504. The fourth-order valence-corrected chi connectivity index (χ4v) is 1.33. The highest BCUT2D eigenvalue weighted by atomic mass is 19.1. The van der Waals surface area contributed by atoms with Crippen LogP contribution in [0.15, 0.2) is 24.8 Å². The minimum atomic E-state index is -0.495. The molecule has 0 unspecified atom stereocenters. The average Bonchev–Trinajstić information content (AvgIpc) is 2.41. The van der Waals surface area contributed by atoms with Crippen LogP contribution in [0.5, 0.6) is 0 Å². The van der Waals surface area contributed by atoms with Crippen molar-refractivity contribution in [3.8, 4) is 0 Å². The molecule has 2 aromatic rings. The molecular weight excluding hydrogens is 235 g/mol. The molecule has 0 spiro atoms. The van der Waals surface area contributed by atoms with Gasteiger partial charge in [0.1, 0.15) is 6.33 Å². The number of nitrogens with one attached hydrogen (secondary N) is 2. The van der Waals surface area contributed by atoms with Gasteiger partial charge in [0.25, 0.3) is 0 Å². The standard InChI is InChI=1S/C11H13FN6/c1-2-14-11-16-6-9(12)10(18-11)15-5-8-3-4-13-7-17-8/h3-4,6-7H,2,5H2,1H3,(H2,14,15,16,18). The maximum Gasteiger partial charge on any atom is 0.224 e. The maximum absolute atomic E-state index is 13.5. The predicted octanol–water partition coefficient (Wildman–Crippen LogP) is 1.45. The zero-order valence-electron chi connectivity index (χ0n) is 9.89. The molecule has 0 radical (unpaired) electrons. The van der Waals surface area contributed by atoms with E-state index < -0.39 is 5.82 Å². The van der Waals surface area contributed by atoms with Gasteiger partial charge in [-0.05, 0) is 13.0 Å². The average molecular weight is 248 g/mol. The van der Waals surface area contributed by atoms with Crippen molar-refractivity contribution in [1.82, 2.24) is 19.9 Å². The van der Waals surface area contributed by atoms with E-state index in [0.29, 0.717) is 19.0 Å². The Kier molecular flexibility index (Phi) is 3.95. The van der Waals surface area contributed by atoms with Crippen molar-refractivity contribution in [3.05, 3.63) is 36.3 Å². The maximum atomic E-state index is 13.5. The summed E-state index contributed by atoms with van der Waals surface area (Å²) in [4.78, 5) is 15.7. The molecule has 6 nitrogen and oxygen atoms in total. The molecular formula is C11H13FN6. The number of aromatic nitrogens is 4. The third-order valence-electron chi connectivity index (χ3n) is 2.16. The van der Waals surface area contributed by atoms with Crippen molar-refractivity contribution in [3.63, 3.8) is 0 Å². The number of halogens is 1. The molecule has 94 valence electrons. The highest BCUT2D eigenvalue weighted by Gasteiger charge is 2.06. The van der Waals surface area contributed by atoms with Gasteiger partial charge in [-0.15, -0.1) is 0 Å². The predicted molar refractivity (Wildman–Crippen MR) is 65.5 cm³/mol. The second-order valence-corrected chi connectivity index (χ2v) is 3.47. The van der Waals surface area contributed by atoms with Crippen LogP contribution in [0.1, 0.15) is 12.6 Å². The molecule has 7 heteroatoms. The number of anilines is 2. The topological polar surface area (TPSA) is 75.6 Å². The zero-order chi connectivity index (χ0) is 12.8. The van der Waals surface area contributed by atoms with Gasteiger partial charge in [0.15, 0.2) is 11.6 Å². The summed E-state index contributed by atoms with van der Waals surface area (Å²) in [5.41, 5.74) is 0.757. The third-order valence-corrected chi connectivity index (χ3v) is 2.16. The lowest BCUT2D eigenvalue weighted by Crippen LogP contribution is -2.09. The molecule has 0 aliphatic heterocycles. The first-order chi connectivity index (χ1) is 8.79. The van der Waals surface area contributed by atoms with E-state index in [2.05, 4.69) is 30.6 Å². The fourth-order valence-electron chi connectivity index (χ4n) is 1.33. The number of nitrogens with zero attached hydrogens (tertiary/aromatic N) is 4. The Morgan fingerprint density at radius 1 is 1.28 bits per heavy atom. The molecule has 0 saturated carbocycles. The first-order valence-electron chi connectivity index (χ1n) is 5.54. The van der Waals surface area contributed by atoms with E-state index in [1.807, 2.05) is 6.92 Å². The summed E-state index contributed by atoms with van der Waals surface area (Å²) in [6, 6.07) is 1.75. The Morgan fingerprint density at radius 3 is 2.89 bits per heavy atom. The molecule has 2 aromatic heterocycles. The van der Waals surface area contributed by atoms with Crippen LogP contribution in [0.3, 0.4) is 0 Å². The minimum absolute atomic E-state index is 0.152. The fraction of sp³-hybridized carbons (Fsp3) is 0.273. The molecule has 18 heavy (non-hydrogen) atoms. The summed E-state index contributed by atoms with van der Waals surface area (Å²) in [6.45, 7) is 2.97. The normalized spacial score (nSPS) is 10.1. The second kappa shape index (κ2) is 5.85. The van der Waals surface area contributed by atoms with Gasteiger partial charge in [-0.25, -0.2) is 19.3 Å². The summed E-state index contributed by atoms with van der Waals surface area (Å²) < 4.78 is 13.5.